The Hall–Kier alpha value is -2.28. The second-order valence-corrected chi connectivity index (χ2v) is 5.40. The fraction of sp³-hybridized carbons (Fsp3) is 0.143. The molecule has 1 aromatic carbocycles. The van der Waals surface area contributed by atoms with E-state index in [-0.39, 0.29) is 11.7 Å². The van der Waals surface area contributed by atoms with Gasteiger partial charge in [-0.25, -0.2) is 9.97 Å². The largest absolute Gasteiger partial charge is 0.419 e. The van der Waals surface area contributed by atoms with E-state index in [0.29, 0.717) is 22.6 Å². The first kappa shape index (κ1) is 13.7. The van der Waals surface area contributed by atoms with Crippen molar-refractivity contribution in [1.82, 2.24) is 20.2 Å². The van der Waals surface area contributed by atoms with E-state index in [1.807, 2.05) is 31.2 Å². The molecule has 0 aliphatic carbocycles. The van der Waals surface area contributed by atoms with Crippen LogP contribution in [0.4, 0.5) is 5.82 Å². The van der Waals surface area contributed by atoms with Gasteiger partial charge in [0.05, 0.1) is 12.6 Å². The average Bonchev–Trinajstić information content (AvgIpc) is 2.92. The summed E-state index contributed by atoms with van der Waals surface area (Å²) < 4.78 is 6.17. The third-order valence-corrected chi connectivity index (χ3v) is 3.30. The van der Waals surface area contributed by atoms with Crippen molar-refractivity contribution >= 4 is 21.7 Å². The maximum atomic E-state index is 5.78. The lowest BCUT2D eigenvalue weighted by Crippen LogP contribution is -1.97. The van der Waals surface area contributed by atoms with Gasteiger partial charge in [0, 0.05) is 0 Å². The highest BCUT2D eigenvalue weighted by Gasteiger charge is 2.14. The van der Waals surface area contributed by atoms with Gasteiger partial charge < -0.3 is 10.2 Å². The lowest BCUT2D eigenvalue weighted by Gasteiger charge is -1.99. The standard InChI is InChI=1S/C14H12BrN5O/c1-8-2-4-9(5-3-8)6-11-19-20-14(21-11)12-13(16)17-7-10(15)18-12/h2-5,7H,6H2,1H3,(H2,16,17). The van der Waals surface area contributed by atoms with Gasteiger partial charge in [0.2, 0.25) is 5.89 Å². The van der Waals surface area contributed by atoms with E-state index in [2.05, 4.69) is 36.1 Å². The topological polar surface area (TPSA) is 90.7 Å². The molecular formula is C14H12BrN5O. The van der Waals surface area contributed by atoms with E-state index in [1.165, 1.54) is 11.8 Å². The van der Waals surface area contributed by atoms with Gasteiger partial charge in [-0.1, -0.05) is 29.8 Å². The molecule has 21 heavy (non-hydrogen) atoms. The Morgan fingerprint density at radius 3 is 2.71 bits per heavy atom. The molecule has 0 saturated carbocycles. The summed E-state index contributed by atoms with van der Waals surface area (Å²) in [6, 6.07) is 8.16. The summed E-state index contributed by atoms with van der Waals surface area (Å²) in [6.07, 6.45) is 2.08. The van der Waals surface area contributed by atoms with Crippen molar-refractivity contribution in [3.8, 4) is 11.6 Å². The number of nitrogens with zero attached hydrogens (tertiary/aromatic N) is 4. The highest BCUT2D eigenvalue weighted by atomic mass is 79.9. The highest BCUT2D eigenvalue weighted by molar-refractivity contribution is 9.10. The minimum Gasteiger partial charge on any atom is -0.419 e. The van der Waals surface area contributed by atoms with Crippen molar-refractivity contribution in [2.24, 2.45) is 0 Å². The van der Waals surface area contributed by atoms with Crippen LogP contribution in [-0.2, 0) is 6.42 Å². The summed E-state index contributed by atoms with van der Waals surface area (Å²) in [7, 11) is 0. The molecule has 6 nitrogen and oxygen atoms in total. The number of nitrogen functional groups attached to an aromatic ring is 1. The van der Waals surface area contributed by atoms with Gasteiger partial charge >= 0.3 is 0 Å². The van der Waals surface area contributed by atoms with Gasteiger partial charge in [0.15, 0.2) is 11.5 Å². The average molecular weight is 346 g/mol. The zero-order valence-corrected chi connectivity index (χ0v) is 12.8. The molecule has 0 fully saturated rings. The molecule has 0 amide bonds. The molecule has 3 aromatic rings. The van der Waals surface area contributed by atoms with Crippen LogP contribution in [-0.4, -0.2) is 20.2 Å². The Bertz CT molecular complexity index is 769. The van der Waals surface area contributed by atoms with Crippen molar-refractivity contribution in [2.75, 3.05) is 5.73 Å². The molecule has 0 aliphatic heterocycles. The summed E-state index contributed by atoms with van der Waals surface area (Å²) in [5.74, 6) is 1.03. The van der Waals surface area contributed by atoms with Crippen molar-refractivity contribution in [1.29, 1.82) is 0 Å². The first-order chi connectivity index (χ1) is 10.1. The number of aryl methyl sites for hydroxylation is 1. The van der Waals surface area contributed by atoms with E-state index >= 15 is 0 Å². The third-order valence-electron chi connectivity index (χ3n) is 2.92. The predicted molar refractivity (Wildman–Crippen MR) is 81.4 cm³/mol. The molecule has 106 valence electrons. The highest BCUT2D eigenvalue weighted by Crippen LogP contribution is 2.23. The van der Waals surface area contributed by atoms with Gasteiger partial charge in [-0.15, -0.1) is 10.2 Å². The number of aromatic nitrogens is 4. The SMILES string of the molecule is Cc1ccc(Cc2nnc(-c3nc(Br)cnc3N)o2)cc1. The van der Waals surface area contributed by atoms with Crippen LogP contribution < -0.4 is 5.73 Å². The van der Waals surface area contributed by atoms with E-state index < -0.39 is 0 Å². The molecule has 3 rings (SSSR count). The Morgan fingerprint density at radius 1 is 1.19 bits per heavy atom. The molecule has 2 aromatic heterocycles. The van der Waals surface area contributed by atoms with Gasteiger partial charge in [0.25, 0.3) is 5.89 Å². The van der Waals surface area contributed by atoms with Gasteiger partial charge in [0.1, 0.15) is 4.60 Å². The van der Waals surface area contributed by atoms with Gasteiger partial charge in [-0.2, -0.15) is 0 Å². The number of hydrogen-bond acceptors (Lipinski definition) is 6. The Labute approximate surface area is 129 Å². The normalized spacial score (nSPS) is 10.8. The van der Waals surface area contributed by atoms with Crippen molar-refractivity contribution in [2.45, 2.75) is 13.3 Å². The quantitative estimate of drug-likeness (QED) is 0.784. The zero-order chi connectivity index (χ0) is 14.8. The summed E-state index contributed by atoms with van der Waals surface area (Å²) in [5.41, 5.74) is 8.47. The molecule has 0 saturated heterocycles. The lowest BCUT2D eigenvalue weighted by atomic mass is 10.1. The van der Waals surface area contributed by atoms with Crippen LogP contribution in [0.3, 0.4) is 0 Å². The zero-order valence-electron chi connectivity index (χ0n) is 11.2. The van der Waals surface area contributed by atoms with Crippen LogP contribution >= 0.6 is 15.9 Å². The van der Waals surface area contributed by atoms with Crippen LogP contribution in [0.1, 0.15) is 17.0 Å². The van der Waals surface area contributed by atoms with Crippen molar-refractivity contribution in [3.63, 3.8) is 0 Å². The second-order valence-electron chi connectivity index (χ2n) is 4.59. The van der Waals surface area contributed by atoms with Gasteiger partial charge in [-0.05, 0) is 28.4 Å². The van der Waals surface area contributed by atoms with E-state index in [4.69, 9.17) is 10.2 Å². The molecule has 0 bridgehead atoms. The fourth-order valence-electron chi connectivity index (χ4n) is 1.84. The van der Waals surface area contributed by atoms with Crippen LogP contribution in [0.25, 0.3) is 11.6 Å². The molecule has 0 atom stereocenters. The molecule has 0 aliphatic rings. The van der Waals surface area contributed by atoms with Crippen molar-refractivity contribution in [3.05, 3.63) is 52.1 Å². The monoisotopic (exact) mass is 345 g/mol. The number of halogens is 1. The summed E-state index contributed by atoms with van der Waals surface area (Å²) in [5, 5.41) is 8.01. The first-order valence-electron chi connectivity index (χ1n) is 6.28. The summed E-state index contributed by atoms with van der Waals surface area (Å²) >= 11 is 3.24. The molecule has 0 unspecified atom stereocenters. The van der Waals surface area contributed by atoms with E-state index in [9.17, 15) is 0 Å². The lowest BCUT2D eigenvalue weighted by molar-refractivity contribution is 0.516. The molecule has 2 N–H and O–H groups in total. The van der Waals surface area contributed by atoms with Crippen molar-refractivity contribution < 1.29 is 4.42 Å². The number of benzene rings is 1. The third kappa shape index (κ3) is 3.08. The Balaban J connectivity index is 1.86. The summed E-state index contributed by atoms with van der Waals surface area (Å²) in [6.45, 7) is 2.04. The van der Waals surface area contributed by atoms with E-state index in [1.54, 1.807) is 0 Å². The molecule has 0 spiro atoms. The van der Waals surface area contributed by atoms with Gasteiger partial charge in [-0.3, -0.25) is 0 Å². The fourth-order valence-corrected chi connectivity index (χ4v) is 2.12. The minimum atomic E-state index is 0.253. The number of hydrogen-bond donors (Lipinski definition) is 1. The molecule has 2 heterocycles. The first-order valence-corrected chi connectivity index (χ1v) is 7.07. The van der Waals surface area contributed by atoms with Crippen LogP contribution in [0, 0.1) is 6.92 Å². The number of rotatable bonds is 3. The smallest absolute Gasteiger partial charge is 0.270 e. The Morgan fingerprint density at radius 2 is 1.95 bits per heavy atom. The molecule has 7 heteroatoms. The number of anilines is 1. The maximum absolute atomic E-state index is 5.78. The predicted octanol–water partition coefficient (Wildman–Crippen LogP) is 2.77. The maximum Gasteiger partial charge on any atom is 0.270 e. The summed E-state index contributed by atoms with van der Waals surface area (Å²) in [4.78, 5) is 8.21. The number of nitrogens with two attached hydrogens (primary N) is 1. The van der Waals surface area contributed by atoms with Crippen LogP contribution in [0.2, 0.25) is 0 Å². The van der Waals surface area contributed by atoms with Crippen LogP contribution in [0.15, 0.2) is 39.5 Å². The minimum absolute atomic E-state index is 0.253. The van der Waals surface area contributed by atoms with Crippen LogP contribution in [0.5, 0.6) is 0 Å². The second kappa shape index (κ2) is 5.61. The molecular weight excluding hydrogens is 334 g/mol. The Kier molecular flexibility index (Phi) is 3.66. The van der Waals surface area contributed by atoms with E-state index in [0.717, 1.165) is 5.56 Å². The molecule has 0 radical (unpaired) electrons.